The van der Waals surface area contributed by atoms with Crippen molar-refractivity contribution >= 4 is 11.8 Å². The van der Waals surface area contributed by atoms with Crippen molar-refractivity contribution in [2.45, 2.75) is 37.8 Å². The van der Waals surface area contributed by atoms with Gasteiger partial charge in [0.25, 0.3) is 0 Å². The van der Waals surface area contributed by atoms with Gasteiger partial charge in [-0.3, -0.25) is 14.6 Å². The fourth-order valence-corrected chi connectivity index (χ4v) is 2.91. The maximum Gasteiger partial charge on any atom is 0.245 e. The highest BCUT2D eigenvalue weighted by atomic mass is 16.5. The Morgan fingerprint density at radius 3 is 2.91 bits per heavy atom. The lowest BCUT2D eigenvalue weighted by Gasteiger charge is -2.34. The highest BCUT2D eigenvalue weighted by Crippen LogP contribution is 2.20. The van der Waals surface area contributed by atoms with Crippen LogP contribution in [-0.4, -0.2) is 59.0 Å². The molecule has 0 radical (unpaired) electrons. The number of methoxy groups -OCH3 is 1. The molecule has 2 atom stereocenters. The molecule has 124 valence electrons. The van der Waals surface area contributed by atoms with Crippen LogP contribution < -0.4 is 14.8 Å². The van der Waals surface area contributed by atoms with E-state index in [0.29, 0.717) is 37.7 Å². The molecule has 2 saturated heterocycles. The molecule has 1 aromatic rings. The number of rotatable bonds is 4. The third kappa shape index (κ3) is 3.69. The number of piperidine rings is 1. The normalized spacial score (nSPS) is 24.2. The summed E-state index contributed by atoms with van der Waals surface area (Å²) in [6.07, 6.45) is 5.59. The summed E-state index contributed by atoms with van der Waals surface area (Å²) in [6.45, 7) is 1.18. The van der Waals surface area contributed by atoms with Crippen LogP contribution in [0.2, 0.25) is 0 Å². The number of carbonyl (C=O) groups is 2. The van der Waals surface area contributed by atoms with E-state index in [1.165, 1.54) is 19.5 Å². The van der Waals surface area contributed by atoms with Crippen LogP contribution >= 0.6 is 0 Å². The molecule has 3 heterocycles. The molecule has 23 heavy (non-hydrogen) atoms. The van der Waals surface area contributed by atoms with E-state index in [0.717, 1.165) is 12.8 Å². The molecule has 2 unspecified atom stereocenters. The number of nitrogens with one attached hydrogen (secondary N) is 1. The van der Waals surface area contributed by atoms with E-state index in [4.69, 9.17) is 9.47 Å². The molecular formula is C15H20N4O4. The van der Waals surface area contributed by atoms with Gasteiger partial charge in [0, 0.05) is 13.0 Å². The highest BCUT2D eigenvalue weighted by Gasteiger charge is 2.33. The monoisotopic (exact) mass is 320 g/mol. The van der Waals surface area contributed by atoms with Gasteiger partial charge in [-0.25, -0.2) is 0 Å². The van der Waals surface area contributed by atoms with Gasteiger partial charge < -0.3 is 19.7 Å². The van der Waals surface area contributed by atoms with Crippen LogP contribution in [0.15, 0.2) is 12.4 Å². The van der Waals surface area contributed by atoms with Crippen LogP contribution in [0.4, 0.5) is 0 Å². The molecule has 3 rings (SSSR count). The molecular weight excluding hydrogens is 300 g/mol. The summed E-state index contributed by atoms with van der Waals surface area (Å²) in [7, 11) is 1.52. The minimum absolute atomic E-state index is 0.0270. The van der Waals surface area contributed by atoms with Crippen molar-refractivity contribution in [2.75, 3.05) is 20.2 Å². The molecule has 0 saturated carbocycles. The number of hydrogen-bond acceptors (Lipinski definition) is 6. The molecule has 0 bridgehead atoms. The molecule has 8 nitrogen and oxygen atoms in total. The van der Waals surface area contributed by atoms with Crippen LogP contribution in [0.25, 0.3) is 0 Å². The van der Waals surface area contributed by atoms with E-state index in [2.05, 4.69) is 15.3 Å². The molecule has 0 spiro atoms. The molecule has 0 aliphatic carbocycles. The van der Waals surface area contributed by atoms with Gasteiger partial charge in [0.1, 0.15) is 12.1 Å². The lowest BCUT2D eigenvalue weighted by molar-refractivity contribution is -0.136. The zero-order valence-corrected chi connectivity index (χ0v) is 13.0. The first kappa shape index (κ1) is 15.5. The number of hydrogen-bond donors (Lipinski definition) is 1. The highest BCUT2D eigenvalue weighted by molar-refractivity contribution is 5.90. The average molecular weight is 320 g/mol. The lowest BCUT2D eigenvalue weighted by atomic mass is 10.1. The largest absolute Gasteiger partial charge is 0.480 e. The Morgan fingerprint density at radius 2 is 2.17 bits per heavy atom. The Kier molecular flexibility index (Phi) is 4.59. The third-order valence-corrected chi connectivity index (χ3v) is 4.07. The fraction of sp³-hybridized carbons (Fsp3) is 0.600. The topological polar surface area (TPSA) is 93.7 Å². The van der Waals surface area contributed by atoms with Crippen LogP contribution in [0, 0.1) is 0 Å². The Morgan fingerprint density at radius 1 is 1.35 bits per heavy atom. The molecule has 2 fully saturated rings. The number of aromatic nitrogens is 2. The van der Waals surface area contributed by atoms with Gasteiger partial charge in [-0.1, -0.05) is 0 Å². The van der Waals surface area contributed by atoms with Crippen LogP contribution in [0.1, 0.15) is 25.7 Å². The van der Waals surface area contributed by atoms with Gasteiger partial charge >= 0.3 is 0 Å². The second-order valence-corrected chi connectivity index (χ2v) is 5.72. The third-order valence-electron chi connectivity index (χ3n) is 4.07. The van der Waals surface area contributed by atoms with E-state index in [-0.39, 0.29) is 17.9 Å². The van der Waals surface area contributed by atoms with Crippen molar-refractivity contribution in [1.29, 1.82) is 0 Å². The Balaban J connectivity index is 1.59. The zero-order chi connectivity index (χ0) is 16.2. The van der Waals surface area contributed by atoms with Gasteiger partial charge in [-0.05, 0) is 19.3 Å². The number of amides is 2. The van der Waals surface area contributed by atoms with Crippen molar-refractivity contribution in [2.24, 2.45) is 0 Å². The van der Waals surface area contributed by atoms with Gasteiger partial charge in [-0.2, -0.15) is 4.98 Å². The van der Waals surface area contributed by atoms with Crippen LogP contribution in [0.3, 0.4) is 0 Å². The second-order valence-electron chi connectivity index (χ2n) is 5.72. The lowest BCUT2D eigenvalue weighted by Crippen LogP contribution is -2.50. The number of ether oxygens (including phenoxy) is 2. The maximum absolute atomic E-state index is 12.5. The Labute approximate surface area is 134 Å². The SMILES string of the molecule is COc1cncc(OC2CCCN(C(=O)C3CCC(=O)N3)C2)n1. The molecule has 2 amide bonds. The van der Waals surface area contributed by atoms with Crippen molar-refractivity contribution in [3.05, 3.63) is 12.4 Å². The molecule has 8 heteroatoms. The summed E-state index contributed by atoms with van der Waals surface area (Å²) in [4.78, 5) is 33.7. The average Bonchev–Trinajstić information content (AvgIpc) is 3.01. The molecule has 1 aromatic heterocycles. The standard InChI is InChI=1S/C15H20N4O4/c1-22-13-7-16-8-14(18-13)23-10-3-2-6-19(9-10)15(21)11-4-5-12(20)17-11/h7-8,10-11H,2-6,9H2,1H3,(H,17,20). The Hall–Kier alpha value is -2.38. The summed E-state index contributed by atoms with van der Waals surface area (Å²) < 4.78 is 10.8. The van der Waals surface area contributed by atoms with Crippen LogP contribution in [-0.2, 0) is 9.59 Å². The summed E-state index contributed by atoms with van der Waals surface area (Å²) in [5, 5.41) is 2.72. The van der Waals surface area contributed by atoms with Gasteiger partial charge in [0.2, 0.25) is 23.6 Å². The van der Waals surface area contributed by atoms with Crippen molar-refractivity contribution in [3.63, 3.8) is 0 Å². The van der Waals surface area contributed by atoms with E-state index >= 15 is 0 Å². The Bertz CT molecular complexity index is 595. The summed E-state index contributed by atoms with van der Waals surface area (Å²) in [5.74, 6) is 0.693. The van der Waals surface area contributed by atoms with Crippen molar-refractivity contribution < 1.29 is 19.1 Å². The molecule has 1 N–H and O–H groups in total. The maximum atomic E-state index is 12.5. The fourth-order valence-electron chi connectivity index (χ4n) is 2.91. The van der Waals surface area contributed by atoms with Gasteiger partial charge in [0.05, 0.1) is 26.0 Å². The van der Waals surface area contributed by atoms with Crippen molar-refractivity contribution in [1.82, 2.24) is 20.2 Å². The summed E-state index contributed by atoms with van der Waals surface area (Å²) in [5.41, 5.74) is 0. The summed E-state index contributed by atoms with van der Waals surface area (Å²) >= 11 is 0. The van der Waals surface area contributed by atoms with Crippen molar-refractivity contribution in [3.8, 4) is 11.8 Å². The first-order valence-electron chi connectivity index (χ1n) is 7.76. The smallest absolute Gasteiger partial charge is 0.245 e. The van der Waals surface area contributed by atoms with E-state index < -0.39 is 6.04 Å². The summed E-state index contributed by atoms with van der Waals surface area (Å²) in [6, 6.07) is -0.391. The number of nitrogens with zero attached hydrogens (tertiary/aromatic N) is 3. The minimum atomic E-state index is -0.391. The van der Waals surface area contributed by atoms with Gasteiger partial charge in [-0.15, -0.1) is 0 Å². The van der Waals surface area contributed by atoms with Crippen LogP contribution in [0.5, 0.6) is 11.8 Å². The second kappa shape index (κ2) is 6.80. The molecule has 2 aliphatic heterocycles. The predicted octanol–water partition coefficient (Wildman–Crippen LogP) is 0.134. The van der Waals surface area contributed by atoms with E-state index in [1.807, 2.05) is 0 Å². The predicted molar refractivity (Wildman–Crippen MR) is 80.0 cm³/mol. The number of carbonyl (C=O) groups excluding carboxylic acids is 2. The van der Waals surface area contributed by atoms with E-state index in [1.54, 1.807) is 4.90 Å². The zero-order valence-electron chi connectivity index (χ0n) is 13.0. The number of likely N-dealkylation sites (tertiary alicyclic amines) is 1. The first-order chi connectivity index (χ1) is 11.2. The van der Waals surface area contributed by atoms with E-state index in [9.17, 15) is 9.59 Å². The first-order valence-corrected chi connectivity index (χ1v) is 7.76. The molecule has 0 aromatic carbocycles. The molecule has 2 aliphatic rings. The minimum Gasteiger partial charge on any atom is -0.480 e. The van der Waals surface area contributed by atoms with Gasteiger partial charge in [0.15, 0.2) is 0 Å². The quantitative estimate of drug-likeness (QED) is 0.848.